The second-order valence-corrected chi connectivity index (χ2v) is 4.50. The normalized spacial score (nSPS) is 11.6. The highest BCUT2D eigenvalue weighted by Gasteiger charge is 2.14. The Morgan fingerprint density at radius 2 is 1.89 bits per heavy atom. The van der Waals surface area contributed by atoms with Gasteiger partial charge in [-0.3, -0.25) is 0 Å². The molecule has 0 saturated heterocycles. The summed E-state index contributed by atoms with van der Waals surface area (Å²) >= 11 is 3.29. The van der Waals surface area contributed by atoms with Crippen LogP contribution < -0.4 is 4.74 Å². The molecule has 0 aliphatic carbocycles. The lowest BCUT2D eigenvalue weighted by molar-refractivity contribution is 0.264. The molecule has 90 valence electrons. The van der Waals surface area contributed by atoms with Crippen LogP contribution in [0, 0.1) is 18.2 Å². The van der Waals surface area contributed by atoms with Crippen LogP contribution in [0.2, 0.25) is 0 Å². The summed E-state index contributed by atoms with van der Waals surface area (Å²) in [5, 5.41) is 0. The van der Waals surface area contributed by atoms with Gasteiger partial charge in [-0.05, 0) is 24.3 Å². The number of halogens is 2. The van der Waals surface area contributed by atoms with Crippen molar-refractivity contribution in [3.8, 4) is 18.1 Å². The van der Waals surface area contributed by atoms with E-state index >= 15 is 0 Å². The van der Waals surface area contributed by atoms with Crippen molar-refractivity contribution >= 4 is 15.9 Å². The highest BCUT2D eigenvalue weighted by molar-refractivity contribution is 9.10. The first kappa shape index (κ1) is 12.7. The Morgan fingerprint density at radius 1 is 1.17 bits per heavy atom. The first-order chi connectivity index (χ1) is 8.70. The number of terminal acetylenes is 1. The topological polar surface area (TPSA) is 9.23 Å². The molecular formula is C15H10BrFO. The summed E-state index contributed by atoms with van der Waals surface area (Å²) in [6.07, 6.45) is 4.92. The minimum absolute atomic E-state index is 0.318. The smallest absolute Gasteiger partial charge is 0.185 e. The van der Waals surface area contributed by atoms with Gasteiger partial charge in [0.15, 0.2) is 6.10 Å². The SMILES string of the molecule is C#CC(Oc1ccccc1)c1ccc(F)cc1Br. The van der Waals surface area contributed by atoms with Crippen molar-refractivity contribution in [1.82, 2.24) is 0 Å². The minimum atomic E-state index is -0.553. The largest absolute Gasteiger partial charge is 0.473 e. The van der Waals surface area contributed by atoms with Gasteiger partial charge in [0.05, 0.1) is 0 Å². The van der Waals surface area contributed by atoms with E-state index in [1.807, 2.05) is 30.3 Å². The van der Waals surface area contributed by atoms with E-state index in [-0.39, 0.29) is 5.82 Å². The fourth-order valence-electron chi connectivity index (χ4n) is 1.54. The van der Waals surface area contributed by atoms with Crippen molar-refractivity contribution in [2.24, 2.45) is 0 Å². The molecule has 1 unspecified atom stereocenters. The highest BCUT2D eigenvalue weighted by Crippen LogP contribution is 2.28. The number of para-hydroxylation sites is 1. The molecule has 0 aliphatic rings. The summed E-state index contributed by atoms with van der Waals surface area (Å²) in [6, 6.07) is 13.6. The molecule has 0 bridgehead atoms. The Hall–Kier alpha value is -1.79. The van der Waals surface area contributed by atoms with E-state index in [9.17, 15) is 4.39 Å². The third-order valence-electron chi connectivity index (χ3n) is 2.39. The summed E-state index contributed by atoms with van der Waals surface area (Å²) in [6.45, 7) is 0. The average molecular weight is 305 g/mol. The monoisotopic (exact) mass is 304 g/mol. The molecule has 0 saturated carbocycles. The molecule has 3 heteroatoms. The van der Waals surface area contributed by atoms with E-state index < -0.39 is 6.10 Å². The molecule has 2 rings (SSSR count). The predicted molar refractivity (Wildman–Crippen MR) is 72.7 cm³/mol. The van der Waals surface area contributed by atoms with E-state index in [1.165, 1.54) is 12.1 Å². The van der Waals surface area contributed by atoms with Gasteiger partial charge in [0.25, 0.3) is 0 Å². The van der Waals surface area contributed by atoms with Gasteiger partial charge in [-0.2, -0.15) is 0 Å². The van der Waals surface area contributed by atoms with Gasteiger partial charge in [-0.1, -0.05) is 46.1 Å². The maximum absolute atomic E-state index is 13.0. The zero-order chi connectivity index (χ0) is 13.0. The van der Waals surface area contributed by atoms with Crippen molar-refractivity contribution in [3.63, 3.8) is 0 Å². The quantitative estimate of drug-likeness (QED) is 0.766. The molecule has 1 nitrogen and oxygen atoms in total. The fraction of sp³-hybridized carbons (Fsp3) is 0.0667. The van der Waals surface area contributed by atoms with Crippen LogP contribution in [-0.4, -0.2) is 0 Å². The molecule has 18 heavy (non-hydrogen) atoms. The maximum Gasteiger partial charge on any atom is 0.185 e. The van der Waals surface area contributed by atoms with Crippen LogP contribution in [0.5, 0.6) is 5.75 Å². The summed E-state index contributed by atoms with van der Waals surface area (Å²) in [5.41, 5.74) is 0.725. The molecule has 0 aromatic heterocycles. The van der Waals surface area contributed by atoms with E-state index in [0.717, 1.165) is 5.56 Å². The fourth-order valence-corrected chi connectivity index (χ4v) is 2.10. The van der Waals surface area contributed by atoms with Gasteiger partial charge >= 0.3 is 0 Å². The summed E-state index contributed by atoms with van der Waals surface area (Å²) in [4.78, 5) is 0. The van der Waals surface area contributed by atoms with Crippen LogP contribution in [0.15, 0.2) is 53.0 Å². The minimum Gasteiger partial charge on any atom is -0.473 e. The van der Waals surface area contributed by atoms with Crippen LogP contribution in [0.3, 0.4) is 0 Å². The van der Waals surface area contributed by atoms with Crippen LogP contribution in [0.1, 0.15) is 11.7 Å². The van der Waals surface area contributed by atoms with Crippen molar-refractivity contribution in [2.45, 2.75) is 6.10 Å². The summed E-state index contributed by atoms with van der Waals surface area (Å²) < 4.78 is 19.3. The third kappa shape index (κ3) is 2.91. The van der Waals surface area contributed by atoms with Crippen LogP contribution in [-0.2, 0) is 0 Å². The van der Waals surface area contributed by atoms with Gasteiger partial charge in [0.2, 0.25) is 0 Å². The molecule has 0 aliphatic heterocycles. The van der Waals surface area contributed by atoms with E-state index in [1.54, 1.807) is 6.07 Å². The highest BCUT2D eigenvalue weighted by atomic mass is 79.9. The molecule has 1 atom stereocenters. The second-order valence-electron chi connectivity index (χ2n) is 3.64. The number of rotatable bonds is 3. The second kappa shape index (κ2) is 5.70. The van der Waals surface area contributed by atoms with E-state index in [2.05, 4.69) is 21.9 Å². The molecule has 0 spiro atoms. The van der Waals surface area contributed by atoms with Crippen LogP contribution >= 0.6 is 15.9 Å². The lowest BCUT2D eigenvalue weighted by atomic mass is 10.1. The van der Waals surface area contributed by atoms with Crippen molar-refractivity contribution in [2.75, 3.05) is 0 Å². The average Bonchev–Trinajstić information content (AvgIpc) is 2.38. The van der Waals surface area contributed by atoms with Crippen molar-refractivity contribution in [3.05, 3.63) is 64.4 Å². The lowest BCUT2D eigenvalue weighted by Crippen LogP contribution is -2.06. The number of ether oxygens (including phenoxy) is 1. The van der Waals surface area contributed by atoms with E-state index in [0.29, 0.717) is 10.2 Å². The molecule has 0 radical (unpaired) electrons. The standard InChI is InChI=1S/C15H10BrFO/c1-2-15(18-12-6-4-3-5-7-12)13-9-8-11(17)10-14(13)16/h1,3-10,15H. The molecule has 2 aromatic rings. The van der Waals surface area contributed by atoms with Crippen molar-refractivity contribution in [1.29, 1.82) is 0 Å². The van der Waals surface area contributed by atoms with Crippen LogP contribution in [0.4, 0.5) is 4.39 Å². The van der Waals surface area contributed by atoms with E-state index in [4.69, 9.17) is 11.2 Å². The maximum atomic E-state index is 13.0. The van der Waals surface area contributed by atoms with Gasteiger partial charge < -0.3 is 4.74 Å². The Balaban J connectivity index is 2.27. The predicted octanol–water partition coefficient (Wildman–Crippen LogP) is 4.34. The van der Waals surface area contributed by atoms with Gasteiger partial charge in [0, 0.05) is 10.0 Å². The molecule has 0 N–H and O–H groups in total. The van der Waals surface area contributed by atoms with Gasteiger partial charge in [-0.15, -0.1) is 6.42 Å². The third-order valence-corrected chi connectivity index (χ3v) is 3.08. The first-order valence-electron chi connectivity index (χ1n) is 5.33. The molecular weight excluding hydrogens is 295 g/mol. The first-order valence-corrected chi connectivity index (χ1v) is 6.13. The molecule has 2 aromatic carbocycles. The van der Waals surface area contributed by atoms with Crippen molar-refractivity contribution < 1.29 is 9.13 Å². The molecule has 0 heterocycles. The Labute approximate surface area is 114 Å². The Morgan fingerprint density at radius 3 is 2.50 bits per heavy atom. The molecule has 0 fully saturated rings. The van der Waals surface area contributed by atoms with Crippen LogP contribution in [0.25, 0.3) is 0 Å². The number of hydrogen-bond acceptors (Lipinski definition) is 1. The van der Waals surface area contributed by atoms with Gasteiger partial charge in [0.1, 0.15) is 11.6 Å². The zero-order valence-electron chi connectivity index (χ0n) is 9.44. The lowest BCUT2D eigenvalue weighted by Gasteiger charge is -2.15. The Kier molecular flexibility index (Phi) is 4.01. The molecule has 0 amide bonds. The Bertz CT molecular complexity index is 575. The zero-order valence-corrected chi connectivity index (χ0v) is 11.0. The summed E-state index contributed by atoms with van der Waals surface area (Å²) in [7, 11) is 0. The number of benzene rings is 2. The van der Waals surface area contributed by atoms with Gasteiger partial charge in [-0.25, -0.2) is 4.39 Å². The summed E-state index contributed by atoms with van der Waals surface area (Å²) in [5.74, 6) is 2.91. The number of hydrogen-bond donors (Lipinski definition) is 0.